The zero-order chi connectivity index (χ0) is 10.4. The van der Waals surface area contributed by atoms with Crippen molar-refractivity contribution in [2.45, 2.75) is 12.5 Å². The SMILES string of the molecule is CCOCC(N)(CO)c1ccccc1. The molecule has 0 aliphatic rings. The van der Waals surface area contributed by atoms with Crippen LogP contribution in [0.5, 0.6) is 0 Å². The molecule has 0 fully saturated rings. The van der Waals surface area contributed by atoms with Gasteiger partial charge in [-0.2, -0.15) is 0 Å². The molecule has 1 rings (SSSR count). The molecule has 0 aliphatic carbocycles. The van der Waals surface area contributed by atoms with Crippen LogP contribution in [-0.2, 0) is 10.3 Å². The lowest BCUT2D eigenvalue weighted by molar-refractivity contribution is 0.0604. The molecule has 3 N–H and O–H groups in total. The van der Waals surface area contributed by atoms with Crippen molar-refractivity contribution in [2.75, 3.05) is 19.8 Å². The Bertz CT molecular complexity index is 263. The molecule has 14 heavy (non-hydrogen) atoms. The van der Waals surface area contributed by atoms with Gasteiger partial charge in [0.1, 0.15) is 0 Å². The molecule has 0 saturated heterocycles. The van der Waals surface area contributed by atoms with E-state index in [1.807, 2.05) is 37.3 Å². The van der Waals surface area contributed by atoms with Gasteiger partial charge in [0, 0.05) is 6.61 Å². The van der Waals surface area contributed by atoms with Crippen LogP contribution in [-0.4, -0.2) is 24.9 Å². The number of aliphatic hydroxyl groups is 1. The van der Waals surface area contributed by atoms with Gasteiger partial charge in [0.2, 0.25) is 0 Å². The van der Waals surface area contributed by atoms with Gasteiger partial charge in [-0.25, -0.2) is 0 Å². The molecule has 0 aliphatic heterocycles. The Balaban J connectivity index is 2.79. The van der Waals surface area contributed by atoms with E-state index in [4.69, 9.17) is 10.5 Å². The average Bonchev–Trinajstić information content (AvgIpc) is 2.27. The molecule has 0 heterocycles. The van der Waals surface area contributed by atoms with Crippen LogP contribution in [0.25, 0.3) is 0 Å². The van der Waals surface area contributed by atoms with Crippen LogP contribution in [0.2, 0.25) is 0 Å². The highest BCUT2D eigenvalue weighted by Crippen LogP contribution is 2.17. The Morgan fingerprint density at radius 3 is 2.50 bits per heavy atom. The molecule has 1 atom stereocenters. The lowest BCUT2D eigenvalue weighted by Crippen LogP contribution is -2.45. The van der Waals surface area contributed by atoms with Gasteiger partial charge >= 0.3 is 0 Å². The van der Waals surface area contributed by atoms with Crippen molar-refractivity contribution in [3.05, 3.63) is 35.9 Å². The number of hydrogen-bond acceptors (Lipinski definition) is 3. The number of hydrogen-bond donors (Lipinski definition) is 2. The van der Waals surface area contributed by atoms with E-state index in [1.165, 1.54) is 0 Å². The first-order valence-corrected chi connectivity index (χ1v) is 4.76. The molecule has 3 heteroatoms. The average molecular weight is 195 g/mol. The Hall–Kier alpha value is -0.900. The zero-order valence-corrected chi connectivity index (χ0v) is 8.44. The molecular formula is C11H17NO2. The van der Waals surface area contributed by atoms with Gasteiger partial charge in [-0.15, -0.1) is 0 Å². The highest BCUT2D eigenvalue weighted by Gasteiger charge is 2.26. The van der Waals surface area contributed by atoms with Gasteiger partial charge in [0.25, 0.3) is 0 Å². The summed E-state index contributed by atoms with van der Waals surface area (Å²) in [5, 5.41) is 9.26. The minimum absolute atomic E-state index is 0.114. The fraction of sp³-hybridized carbons (Fsp3) is 0.455. The molecule has 0 radical (unpaired) electrons. The fourth-order valence-electron chi connectivity index (χ4n) is 1.27. The number of benzene rings is 1. The van der Waals surface area contributed by atoms with Gasteiger partial charge in [-0.1, -0.05) is 30.3 Å². The number of rotatable bonds is 5. The summed E-state index contributed by atoms with van der Waals surface area (Å²) in [6, 6.07) is 9.52. The quantitative estimate of drug-likeness (QED) is 0.733. The van der Waals surface area contributed by atoms with Gasteiger partial charge < -0.3 is 15.6 Å². The minimum atomic E-state index is -0.780. The second-order valence-electron chi connectivity index (χ2n) is 3.32. The third-order valence-corrected chi connectivity index (χ3v) is 2.19. The topological polar surface area (TPSA) is 55.5 Å². The zero-order valence-electron chi connectivity index (χ0n) is 8.44. The largest absolute Gasteiger partial charge is 0.394 e. The predicted molar refractivity (Wildman–Crippen MR) is 55.9 cm³/mol. The molecule has 78 valence electrons. The van der Waals surface area contributed by atoms with E-state index in [0.717, 1.165) is 5.56 Å². The van der Waals surface area contributed by atoms with Crippen LogP contribution >= 0.6 is 0 Å². The minimum Gasteiger partial charge on any atom is -0.394 e. The van der Waals surface area contributed by atoms with Gasteiger partial charge in [0.15, 0.2) is 0 Å². The molecule has 0 aromatic heterocycles. The lowest BCUT2D eigenvalue weighted by atomic mass is 9.93. The second-order valence-corrected chi connectivity index (χ2v) is 3.32. The maximum Gasteiger partial charge on any atom is 0.0881 e. The van der Waals surface area contributed by atoms with E-state index >= 15 is 0 Å². The highest BCUT2D eigenvalue weighted by molar-refractivity contribution is 5.24. The van der Waals surface area contributed by atoms with Crippen molar-refractivity contribution in [1.29, 1.82) is 0 Å². The van der Waals surface area contributed by atoms with Crippen LogP contribution < -0.4 is 5.73 Å². The fourth-order valence-corrected chi connectivity index (χ4v) is 1.27. The predicted octanol–water partition coefficient (Wildman–Crippen LogP) is 0.869. The summed E-state index contributed by atoms with van der Waals surface area (Å²) in [4.78, 5) is 0. The molecule has 0 spiro atoms. The Morgan fingerprint density at radius 1 is 1.36 bits per heavy atom. The van der Waals surface area contributed by atoms with E-state index in [-0.39, 0.29) is 6.61 Å². The van der Waals surface area contributed by atoms with E-state index in [9.17, 15) is 5.11 Å². The number of ether oxygens (including phenoxy) is 1. The normalized spacial score (nSPS) is 15.1. The van der Waals surface area contributed by atoms with Crippen LogP contribution in [0, 0.1) is 0 Å². The first kappa shape index (κ1) is 11.2. The number of nitrogens with two attached hydrogens (primary N) is 1. The van der Waals surface area contributed by atoms with Crippen LogP contribution in [0.1, 0.15) is 12.5 Å². The summed E-state index contributed by atoms with van der Waals surface area (Å²) in [5.41, 5.74) is 6.15. The molecule has 0 bridgehead atoms. The molecular weight excluding hydrogens is 178 g/mol. The van der Waals surface area contributed by atoms with Crippen molar-refractivity contribution in [2.24, 2.45) is 5.73 Å². The molecule has 1 unspecified atom stereocenters. The molecule has 1 aromatic rings. The van der Waals surface area contributed by atoms with Crippen LogP contribution in [0.15, 0.2) is 30.3 Å². The van der Waals surface area contributed by atoms with Crippen molar-refractivity contribution in [1.82, 2.24) is 0 Å². The third kappa shape index (κ3) is 2.54. The standard InChI is InChI=1S/C11H17NO2/c1-2-14-9-11(12,8-13)10-6-4-3-5-7-10/h3-7,13H,2,8-9,12H2,1H3. The van der Waals surface area contributed by atoms with Crippen LogP contribution in [0.4, 0.5) is 0 Å². The van der Waals surface area contributed by atoms with Crippen molar-refractivity contribution in [3.8, 4) is 0 Å². The highest BCUT2D eigenvalue weighted by atomic mass is 16.5. The molecule has 0 amide bonds. The maximum absolute atomic E-state index is 9.26. The summed E-state index contributed by atoms with van der Waals surface area (Å²) >= 11 is 0. The van der Waals surface area contributed by atoms with Gasteiger partial charge in [-0.3, -0.25) is 0 Å². The number of aliphatic hydroxyl groups excluding tert-OH is 1. The first-order valence-electron chi connectivity index (χ1n) is 4.76. The van der Waals surface area contributed by atoms with Crippen molar-refractivity contribution in [3.63, 3.8) is 0 Å². The molecule has 3 nitrogen and oxygen atoms in total. The Labute approximate surface area is 84.5 Å². The summed E-state index contributed by atoms with van der Waals surface area (Å²) in [7, 11) is 0. The van der Waals surface area contributed by atoms with E-state index in [2.05, 4.69) is 0 Å². The Morgan fingerprint density at radius 2 is 2.00 bits per heavy atom. The lowest BCUT2D eigenvalue weighted by Gasteiger charge is -2.27. The first-order chi connectivity index (χ1) is 6.73. The van der Waals surface area contributed by atoms with E-state index < -0.39 is 5.54 Å². The summed E-state index contributed by atoms with van der Waals surface area (Å²) < 4.78 is 5.26. The summed E-state index contributed by atoms with van der Waals surface area (Å²) in [6.07, 6.45) is 0. The smallest absolute Gasteiger partial charge is 0.0881 e. The summed E-state index contributed by atoms with van der Waals surface area (Å²) in [6.45, 7) is 2.73. The Kier molecular flexibility index (Phi) is 4.07. The van der Waals surface area contributed by atoms with Crippen LogP contribution in [0.3, 0.4) is 0 Å². The maximum atomic E-state index is 9.26. The third-order valence-electron chi connectivity index (χ3n) is 2.19. The monoisotopic (exact) mass is 195 g/mol. The summed E-state index contributed by atoms with van der Waals surface area (Å²) in [5.74, 6) is 0. The second kappa shape index (κ2) is 5.10. The van der Waals surface area contributed by atoms with Gasteiger partial charge in [-0.05, 0) is 12.5 Å². The van der Waals surface area contributed by atoms with Gasteiger partial charge in [0.05, 0.1) is 18.8 Å². The van der Waals surface area contributed by atoms with E-state index in [0.29, 0.717) is 13.2 Å². The van der Waals surface area contributed by atoms with Crippen molar-refractivity contribution >= 4 is 0 Å². The van der Waals surface area contributed by atoms with E-state index in [1.54, 1.807) is 0 Å². The molecule has 0 saturated carbocycles. The molecule has 1 aromatic carbocycles. The van der Waals surface area contributed by atoms with Crippen molar-refractivity contribution < 1.29 is 9.84 Å².